The van der Waals surface area contributed by atoms with E-state index in [1.165, 1.54) is 23.4 Å². The van der Waals surface area contributed by atoms with Gasteiger partial charge in [-0.15, -0.1) is 0 Å². The summed E-state index contributed by atoms with van der Waals surface area (Å²) in [4.78, 5) is 12.0. The molecular weight excluding hydrogens is 499 g/mol. The van der Waals surface area contributed by atoms with Crippen LogP contribution in [0.3, 0.4) is 0 Å². The molecule has 0 unspecified atom stereocenters. The van der Waals surface area contributed by atoms with Gasteiger partial charge in [-0.25, -0.2) is 9.37 Å². The zero-order valence-corrected chi connectivity index (χ0v) is 24.0. The molecule has 0 radical (unpaired) electrons. The lowest BCUT2D eigenvalue weighted by molar-refractivity contribution is 0.279. The lowest BCUT2D eigenvalue weighted by Gasteiger charge is -2.40. The average molecular weight is 539 g/mol. The van der Waals surface area contributed by atoms with Crippen molar-refractivity contribution in [1.82, 2.24) is 9.97 Å². The summed E-state index contributed by atoms with van der Waals surface area (Å²) >= 11 is 0. The van der Waals surface area contributed by atoms with E-state index in [2.05, 4.69) is 55.0 Å². The molecule has 208 valence electrons. The Balaban J connectivity index is 1.48. The molecule has 0 aliphatic carbocycles. The molecule has 1 aliphatic heterocycles. The highest BCUT2D eigenvalue weighted by molar-refractivity contribution is 5.91. The average Bonchev–Trinajstić information content (AvgIpc) is 2.95. The highest BCUT2D eigenvalue weighted by atomic mass is 19.1. The second-order valence-corrected chi connectivity index (χ2v) is 11.4. The molecule has 0 spiro atoms. The van der Waals surface area contributed by atoms with Gasteiger partial charge in [-0.3, -0.25) is 4.98 Å². The topological polar surface area (TPSA) is 50.3 Å². The number of hydrogen-bond acceptors (Lipinski definition) is 5. The third-order valence-electron chi connectivity index (χ3n) is 7.90. The highest BCUT2D eigenvalue weighted by Gasteiger charge is 2.30. The number of aromatic nitrogens is 2. The van der Waals surface area contributed by atoms with Crippen molar-refractivity contribution < 1.29 is 9.13 Å². The fraction of sp³-hybridized carbons (Fsp3) is 0.353. The zero-order chi connectivity index (χ0) is 28.1. The van der Waals surface area contributed by atoms with E-state index in [1.54, 1.807) is 18.3 Å². The minimum absolute atomic E-state index is 0.220. The molecule has 6 heteroatoms. The van der Waals surface area contributed by atoms with Gasteiger partial charge in [0.05, 0.1) is 24.2 Å². The van der Waals surface area contributed by atoms with E-state index >= 15 is 0 Å². The van der Waals surface area contributed by atoms with Gasteiger partial charge >= 0.3 is 0 Å². The zero-order valence-electron chi connectivity index (χ0n) is 24.0. The van der Waals surface area contributed by atoms with E-state index in [4.69, 9.17) is 9.72 Å². The first kappa shape index (κ1) is 27.6. The Hall–Kier alpha value is -3.93. The molecule has 4 aromatic rings. The molecule has 5 nitrogen and oxygen atoms in total. The Morgan fingerprint density at radius 1 is 1.00 bits per heavy atom. The smallest absolute Gasteiger partial charge is 0.140 e. The standard InChI is InChI=1S/C34H39FN4O/c1-5-30-24(2)37-33(38-28-7-6-19-36-23-28)31(32(30)39-20-17-34(3,4)18-21-39)26-10-14-29(15-11-26)40-22-16-25-8-12-27(35)13-9-25/h6-15,19,23H,5,16-18,20-22H2,1-4H3,(H,37,38). The van der Waals surface area contributed by atoms with Crippen molar-refractivity contribution in [2.75, 3.05) is 29.9 Å². The number of nitrogens with zero attached hydrogens (tertiary/aromatic N) is 3. The molecule has 0 bridgehead atoms. The Labute approximate surface area is 237 Å². The summed E-state index contributed by atoms with van der Waals surface area (Å²) in [5.74, 6) is 1.43. The largest absolute Gasteiger partial charge is 0.493 e. The van der Waals surface area contributed by atoms with E-state index in [0.29, 0.717) is 12.0 Å². The summed E-state index contributed by atoms with van der Waals surface area (Å²) in [6.07, 6.45) is 7.56. The Bertz CT molecular complexity index is 1410. The predicted molar refractivity (Wildman–Crippen MR) is 162 cm³/mol. The molecule has 0 atom stereocenters. The van der Waals surface area contributed by atoms with E-state index in [-0.39, 0.29) is 5.82 Å². The van der Waals surface area contributed by atoms with Crippen molar-refractivity contribution in [2.24, 2.45) is 5.41 Å². The Morgan fingerprint density at radius 2 is 1.73 bits per heavy atom. The monoisotopic (exact) mass is 538 g/mol. The quantitative estimate of drug-likeness (QED) is 0.233. The molecule has 2 aromatic heterocycles. The van der Waals surface area contributed by atoms with Gasteiger partial charge in [0.2, 0.25) is 0 Å². The van der Waals surface area contributed by atoms with Crippen LogP contribution in [0.2, 0.25) is 0 Å². The van der Waals surface area contributed by atoms with Gasteiger partial charge in [-0.2, -0.15) is 0 Å². The molecule has 1 saturated heterocycles. The minimum atomic E-state index is -0.220. The first-order chi connectivity index (χ1) is 19.3. The normalized spacial score (nSPS) is 14.7. The van der Waals surface area contributed by atoms with Crippen molar-refractivity contribution in [3.05, 3.63) is 95.7 Å². The van der Waals surface area contributed by atoms with Crippen molar-refractivity contribution in [2.45, 2.75) is 53.4 Å². The number of halogens is 1. The second kappa shape index (κ2) is 12.1. The maximum Gasteiger partial charge on any atom is 0.140 e. The maximum atomic E-state index is 13.2. The van der Waals surface area contributed by atoms with E-state index in [9.17, 15) is 4.39 Å². The van der Waals surface area contributed by atoms with Crippen molar-refractivity contribution in [3.8, 4) is 16.9 Å². The van der Waals surface area contributed by atoms with Crippen LogP contribution in [-0.4, -0.2) is 29.7 Å². The number of aryl methyl sites for hydroxylation is 1. The fourth-order valence-electron chi connectivity index (χ4n) is 5.43. The van der Waals surface area contributed by atoms with E-state index in [1.807, 2.05) is 30.5 Å². The maximum absolute atomic E-state index is 13.2. The number of benzene rings is 2. The van der Waals surface area contributed by atoms with Crippen LogP contribution in [0, 0.1) is 18.2 Å². The summed E-state index contributed by atoms with van der Waals surface area (Å²) in [5, 5.41) is 3.57. The molecule has 2 aromatic carbocycles. The molecular formula is C34H39FN4O. The van der Waals surface area contributed by atoms with Crippen LogP contribution >= 0.6 is 0 Å². The SMILES string of the molecule is CCc1c(C)nc(Nc2cccnc2)c(-c2ccc(OCCc3ccc(F)cc3)cc2)c1N1CCC(C)(C)CC1. The molecule has 5 rings (SSSR count). The third-order valence-corrected chi connectivity index (χ3v) is 7.90. The molecule has 40 heavy (non-hydrogen) atoms. The van der Waals surface area contributed by atoms with E-state index in [0.717, 1.165) is 78.4 Å². The molecule has 0 saturated carbocycles. The number of nitrogens with one attached hydrogen (secondary N) is 1. The molecule has 1 fully saturated rings. The molecule has 0 amide bonds. The fourth-order valence-corrected chi connectivity index (χ4v) is 5.43. The van der Waals surface area contributed by atoms with Gasteiger partial charge in [0.25, 0.3) is 0 Å². The minimum Gasteiger partial charge on any atom is -0.493 e. The lowest BCUT2D eigenvalue weighted by atomic mass is 9.82. The number of rotatable bonds is 9. The Morgan fingerprint density at radius 3 is 2.38 bits per heavy atom. The van der Waals surface area contributed by atoms with Crippen molar-refractivity contribution in [3.63, 3.8) is 0 Å². The summed E-state index contributed by atoms with van der Waals surface area (Å²) in [6.45, 7) is 11.6. The van der Waals surface area contributed by atoms with Gasteiger partial charge in [0, 0.05) is 37.0 Å². The van der Waals surface area contributed by atoms with Crippen LogP contribution < -0.4 is 15.0 Å². The van der Waals surface area contributed by atoms with E-state index < -0.39 is 0 Å². The predicted octanol–water partition coefficient (Wildman–Crippen LogP) is 8.15. The number of ether oxygens (including phenoxy) is 1. The Kier molecular flexibility index (Phi) is 8.34. The van der Waals surface area contributed by atoms with Gasteiger partial charge in [-0.05, 0) is 84.7 Å². The highest BCUT2D eigenvalue weighted by Crippen LogP contribution is 2.44. The second-order valence-electron chi connectivity index (χ2n) is 11.4. The summed E-state index contributed by atoms with van der Waals surface area (Å²) in [5.41, 5.74) is 8.16. The van der Waals surface area contributed by atoms with Crippen molar-refractivity contribution in [1.29, 1.82) is 0 Å². The molecule has 1 N–H and O–H groups in total. The third kappa shape index (κ3) is 6.44. The van der Waals surface area contributed by atoms with Gasteiger partial charge in [0.15, 0.2) is 0 Å². The number of hydrogen-bond donors (Lipinski definition) is 1. The molecule has 3 heterocycles. The van der Waals surface area contributed by atoms with Gasteiger partial charge in [0.1, 0.15) is 17.4 Å². The molecule has 1 aliphatic rings. The lowest BCUT2D eigenvalue weighted by Crippen LogP contribution is -2.38. The van der Waals surface area contributed by atoms with Crippen molar-refractivity contribution >= 4 is 17.2 Å². The van der Waals surface area contributed by atoms with Crippen LogP contribution in [0.15, 0.2) is 73.1 Å². The van der Waals surface area contributed by atoms with Gasteiger partial charge in [-0.1, -0.05) is 45.0 Å². The first-order valence-electron chi connectivity index (χ1n) is 14.3. The van der Waals surface area contributed by atoms with Crippen LogP contribution in [0.5, 0.6) is 5.75 Å². The van der Waals surface area contributed by atoms with Crippen LogP contribution in [0.4, 0.5) is 21.6 Å². The van der Waals surface area contributed by atoms with Crippen LogP contribution in [0.1, 0.15) is 50.4 Å². The number of piperidine rings is 1. The summed E-state index contributed by atoms with van der Waals surface area (Å²) in [7, 11) is 0. The van der Waals surface area contributed by atoms with Gasteiger partial charge < -0.3 is 15.0 Å². The number of pyridine rings is 2. The summed E-state index contributed by atoms with van der Waals surface area (Å²) in [6, 6.07) is 18.9. The van der Waals surface area contributed by atoms with Crippen LogP contribution in [0.25, 0.3) is 11.1 Å². The first-order valence-corrected chi connectivity index (χ1v) is 14.3. The number of anilines is 3. The van der Waals surface area contributed by atoms with Crippen LogP contribution in [-0.2, 0) is 12.8 Å². The summed E-state index contributed by atoms with van der Waals surface area (Å²) < 4.78 is 19.3.